The van der Waals surface area contributed by atoms with Gasteiger partial charge in [0.15, 0.2) is 5.66 Å². The minimum absolute atomic E-state index is 0.468. The minimum atomic E-state index is -1.23. The van der Waals surface area contributed by atoms with Crippen LogP contribution >= 0.6 is 0 Å². The molecule has 0 aliphatic carbocycles. The van der Waals surface area contributed by atoms with Crippen molar-refractivity contribution in [2.24, 2.45) is 29.0 Å². The summed E-state index contributed by atoms with van der Waals surface area (Å²) in [6.45, 7) is 3.82. The standard InChI is InChI=1S/C11H22N8/c1-3-10(12)11(13,18(15)19(16)17(10)14)9-7-5-4-6-8(9)2/h4-7H,3,12-16H2,1-2H3. The van der Waals surface area contributed by atoms with E-state index in [4.69, 9.17) is 29.0 Å². The second-order valence-corrected chi connectivity index (χ2v) is 4.87. The maximum atomic E-state index is 6.53. The van der Waals surface area contributed by atoms with E-state index in [1.54, 1.807) is 0 Å². The van der Waals surface area contributed by atoms with Crippen LogP contribution in [0.5, 0.6) is 0 Å². The fraction of sp³-hybridized carbons (Fsp3) is 0.455. The first kappa shape index (κ1) is 14.3. The highest BCUT2D eigenvalue weighted by Crippen LogP contribution is 2.41. The van der Waals surface area contributed by atoms with Crippen LogP contribution in [0.3, 0.4) is 0 Å². The molecule has 0 amide bonds. The Bertz CT molecular complexity index is 480. The maximum Gasteiger partial charge on any atom is 0.161 e. The van der Waals surface area contributed by atoms with E-state index >= 15 is 0 Å². The van der Waals surface area contributed by atoms with Gasteiger partial charge < -0.3 is 11.5 Å². The lowest BCUT2D eigenvalue weighted by Crippen LogP contribution is -2.71. The number of hydrazine groups is 5. The van der Waals surface area contributed by atoms with Gasteiger partial charge in [-0.25, -0.2) is 5.84 Å². The highest BCUT2D eigenvalue weighted by Gasteiger charge is 2.62. The third-order valence-corrected chi connectivity index (χ3v) is 3.97. The van der Waals surface area contributed by atoms with Gasteiger partial charge in [-0.05, 0) is 24.5 Å². The van der Waals surface area contributed by atoms with Crippen molar-refractivity contribution in [1.82, 2.24) is 15.5 Å². The first-order valence-electron chi connectivity index (χ1n) is 6.09. The van der Waals surface area contributed by atoms with Crippen molar-refractivity contribution < 1.29 is 0 Å². The molecule has 0 radical (unpaired) electrons. The lowest BCUT2D eigenvalue weighted by Gasteiger charge is -2.42. The summed E-state index contributed by atoms with van der Waals surface area (Å²) in [4.78, 5) is 0. The number of hydrogen-bond donors (Lipinski definition) is 5. The smallest absolute Gasteiger partial charge is 0.161 e. The second-order valence-electron chi connectivity index (χ2n) is 4.87. The van der Waals surface area contributed by atoms with Crippen LogP contribution in [0.1, 0.15) is 24.5 Å². The van der Waals surface area contributed by atoms with E-state index in [1.807, 2.05) is 38.1 Å². The molecule has 19 heavy (non-hydrogen) atoms. The Morgan fingerprint density at radius 3 is 2.16 bits per heavy atom. The van der Waals surface area contributed by atoms with Crippen molar-refractivity contribution in [3.8, 4) is 0 Å². The molecule has 10 N–H and O–H groups in total. The van der Waals surface area contributed by atoms with Crippen LogP contribution in [0.25, 0.3) is 0 Å². The summed E-state index contributed by atoms with van der Waals surface area (Å²) < 4.78 is 0. The number of aryl methyl sites for hydroxylation is 1. The van der Waals surface area contributed by atoms with E-state index in [0.717, 1.165) is 16.4 Å². The Labute approximate surface area is 112 Å². The van der Waals surface area contributed by atoms with Crippen molar-refractivity contribution in [3.63, 3.8) is 0 Å². The van der Waals surface area contributed by atoms with E-state index in [-0.39, 0.29) is 0 Å². The Balaban J connectivity index is 2.66. The summed E-state index contributed by atoms with van der Waals surface area (Å²) in [6, 6.07) is 7.61. The van der Waals surface area contributed by atoms with Gasteiger partial charge in [-0.15, -0.1) is 10.2 Å². The van der Waals surface area contributed by atoms with Crippen LogP contribution in [-0.4, -0.2) is 21.1 Å². The third kappa shape index (κ3) is 1.64. The Kier molecular flexibility index (Phi) is 3.37. The first-order chi connectivity index (χ1) is 8.80. The number of hydrogen-bond acceptors (Lipinski definition) is 8. The van der Waals surface area contributed by atoms with Gasteiger partial charge in [0.1, 0.15) is 5.66 Å². The van der Waals surface area contributed by atoms with Gasteiger partial charge >= 0.3 is 0 Å². The van der Waals surface area contributed by atoms with Gasteiger partial charge in [0.25, 0.3) is 0 Å². The SMILES string of the molecule is CCC1(N)N(N)N(N)N(N)C1(N)c1ccccc1C. The molecular weight excluding hydrogens is 244 g/mol. The molecular formula is C11H22N8. The molecule has 0 bridgehead atoms. The molecule has 1 aromatic carbocycles. The largest absolute Gasteiger partial charge is 0.308 e. The second kappa shape index (κ2) is 4.47. The summed E-state index contributed by atoms with van der Waals surface area (Å²) in [6.07, 6.45) is 0.468. The van der Waals surface area contributed by atoms with Crippen LogP contribution in [-0.2, 0) is 5.66 Å². The predicted octanol–water partition coefficient (Wildman–Crippen LogP) is -1.46. The van der Waals surface area contributed by atoms with Gasteiger partial charge in [-0.3, -0.25) is 11.7 Å². The van der Waals surface area contributed by atoms with Crippen LogP contribution < -0.4 is 29.0 Å². The predicted molar refractivity (Wildman–Crippen MR) is 72.3 cm³/mol. The van der Waals surface area contributed by atoms with E-state index in [9.17, 15) is 0 Å². The van der Waals surface area contributed by atoms with E-state index < -0.39 is 11.3 Å². The Morgan fingerprint density at radius 2 is 1.63 bits per heavy atom. The lowest BCUT2D eigenvalue weighted by atomic mass is 9.83. The van der Waals surface area contributed by atoms with Crippen LogP contribution in [0.4, 0.5) is 0 Å². The molecule has 1 aromatic rings. The molecule has 0 saturated carbocycles. The summed E-state index contributed by atoms with van der Waals surface area (Å²) in [5, 5.41) is 3.37. The molecule has 0 spiro atoms. The van der Waals surface area contributed by atoms with E-state index in [0.29, 0.717) is 6.42 Å². The molecule has 1 saturated heterocycles. The molecule has 106 valence electrons. The van der Waals surface area contributed by atoms with E-state index in [2.05, 4.69) is 0 Å². The van der Waals surface area contributed by atoms with Gasteiger partial charge in [0, 0.05) is 0 Å². The summed E-state index contributed by atoms with van der Waals surface area (Å²) in [7, 11) is 0. The van der Waals surface area contributed by atoms with Gasteiger partial charge in [0.05, 0.1) is 0 Å². The topological polar surface area (TPSA) is 140 Å². The molecule has 2 unspecified atom stereocenters. The molecule has 8 heteroatoms. The molecule has 2 atom stereocenters. The van der Waals surface area contributed by atoms with E-state index in [1.165, 1.54) is 10.2 Å². The molecule has 0 aromatic heterocycles. The van der Waals surface area contributed by atoms with Crippen molar-refractivity contribution in [2.45, 2.75) is 31.6 Å². The molecule has 1 aliphatic heterocycles. The maximum absolute atomic E-state index is 6.53. The fourth-order valence-corrected chi connectivity index (χ4v) is 2.61. The monoisotopic (exact) mass is 266 g/mol. The van der Waals surface area contributed by atoms with Crippen molar-refractivity contribution in [2.75, 3.05) is 0 Å². The number of rotatable bonds is 2. The highest BCUT2D eigenvalue weighted by molar-refractivity contribution is 5.35. The Hall–Kier alpha value is -1.10. The fourth-order valence-electron chi connectivity index (χ4n) is 2.61. The van der Waals surface area contributed by atoms with Gasteiger partial charge in [-0.2, -0.15) is 0 Å². The van der Waals surface area contributed by atoms with Crippen molar-refractivity contribution in [1.29, 1.82) is 0 Å². The summed E-state index contributed by atoms with van der Waals surface area (Å²) in [5.41, 5.74) is 12.3. The van der Waals surface area contributed by atoms with Gasteiger partial charge in [-0.1, -0.05) is 36.4 Å². The normalized spacial score (nSPS) is 34.1. The van der Waals surface area contributed by atoms with Crippen LogP contribution in [0.2, 0.25) is 0 Å². The summed E-state index contributed by atoms with van der Waals surface area (Å²) in [5.74, 6) is 17.7. The number of nitrogens with zero attached hydrogens (tertiary/aromatic N) is 3. The zero-order valence-electron chi connectivity index (χ0n) is 11.2. The number of nitrogens with two attached hydrogens (primary N) is 5. The summed E-state index contributed by atoms with van der Waals surface area (Å²) >= 11 is 0. The van der Waals surface area contributed by atoms with Crippen LogP contribution in [0, 0.1) is 6.92 Å². The molecule has 1 aliphatic rings. The minimum Gasteiger partial charge on any atom is -0.308 e. The third-order valence-electron chi connectivity index (χ3n) is 3.97. The average molecular weight is 266 g/mol. The molecule has 1 heterocycles. The highest BCUT2D eigenvalue weighted by atomic mass is 16.1. The lowest BCUT2D eigenvalue weighted by molar-refractivity contribution is -0.161. The molecule has 8 nitrogen and oxygen atoms in total. The first-order valence-corrected chi connectivity index (χ1v) is 6.09. The quantitative estimate of drug-likeness (QED) is 0.409. The van der Waals surface area contributed by atoms with Crippen molar-refractivity contribution in [3.05, 3.63) is 35.4 Å². The Morgan fingerprint density at radius 1 is 1.05 bits per heavy atom. The average Bonchev–Trinajstić information content (AvgIpc) is 2.54. The zero-order chi connectivity index (χ0) is 14.4. The van der Waals surface area contributed by atoms with Gasteiger partial charge in [0.2, 0.25) is 0 Å². The molecule has 1 fully saturated rings. The van der Waals surface area contributed by atoms with Crippen molar-refractivity contribution >= 4 is 0 Å². The molecule has 2 rings (SSSR count). The van der Waals surface area contributed by atoms with Crippen LogP contribution in [0.15, 0.2) is 24.3 Å². The zero-order valence-corrected chi connectivity index (χ0v) is 11.2. The number of benzene rings is 1.